The first-order chi connectivity index (χ1) is 8.68. The van der Waals surface area contributed by atoms with E-state index in [9.17, 15) is 9.18 Å². The van der Waals surface area contributed by atoms with Crippen molar-refractivity contribution in [2.45, 2.75) is 19.3 Å². The minimum absolute atomic E-state index is 0.0621. The number of rotatable bonds is 4. The van der Waals surface area contributed by atoms with Crippen LogP contribution in [-0.2, 0) is 4.79 Å². The van der Waals surface area contributed by atoms with E-state index in [1.165, 1.54) is 13.0 Å². The van der Waals surface area contributed by atoms with Crippen LogP contribution in [0, 0.1) is 5.82 Å². The summed E-state index contributed by atoms with van der Waals surface area (Å²) >= 11 is 0. The van der Waals surface area contributed by atoms with E-state index in [-0.39, 0.29) is 17.5 Å². The lowest BCUT2D eigenvalue weighted by molar-refractivity contribution is -0.117. The minimum Gasteiger partial charge on any atom is -0.300 e. The van der Waals surface area contributed by atoms with Crippen molar-refractivity contribution in [3.8, 4) is 0 Å². The number of halogens is 1. The van der Waals surface area contributed by atoms with Crippen LogP contribution in [0.1, 0.15) is 30.4 Å². The summed E-state index contributed by atoms with van der Waals surface area (Å²) in [6.07, 6.45) is 0.324. The van der Waals surface area contributed by atoms with Crippen molar-refractivity contribution in [2.24, 2.45) is 0 Å². The average molecular weight is 242 g/mol. The van der Waals surface area contributed by atoms with E-state index in [1.807, 2.05) is 30.3 Å². The number of benzene rings is 2. The van der Waals surface area contributed by atoms with Crippen molar-refractivity contribution in [3.63, 3.8) is 0 Å². The van der Waals surface area contributed by atoms with E-state index in [0.717, 1.165) is 5.56 Å². The third-order valence-electron chi connectivity index (χ3n) is 2.97. The van der Waals surface area contributed by atoms with E-state index in [2.05, 4.69) is 0 Å². The van der Waals surface area contributed by atoms with Crippen molar-refractivity contribution >= 4 is 5.78 Å². The van der Waals surface area contributed by atoms with Gasteiger partial charge in [-0.15, -0.1) is 0 Å². The molecule has 0 aliphatic heterocycles. The van der Waals surface area contributed by atoms with Crippen molar-refractivity contribution in [1.82, 2.24) is 0 Å². The second kappa shape index (κ2) is 5.58. The lowest BCUT2D eigenvalue weighted by Crippen LogP contribution is -2.08. The molecule has 92 valence electrons. The molecule has 2 aromatic carbocycles. The van der Waals surface area contributed by atoms with Crippen LogP contribution >= 0.6 is 0 Å². The summed E-state index contributed by atoms with van der Waals surface area (Å²) in [7, 11) is 0. The Morgan fingerprint density at radius 2 is 1.67 bits per heavy atom. The molecule has 0 radical (unpaired) electrons. The van der Waals surface area contributed by atoms with Gasteiger partial charge in [-0.1, -0.05) is 48.5 Å². The standard InChI is InChI=1S/C16H15FO/c1-12(18)11-15(13-7-3-2-4-8-13)14-9-5-6-10-16(14)17/h2-10,15H,11H2,1H3. The smallest absolute Gasteiger partial charge is 0.130 e. The van der Waals surface area contributed by atoms with Gasteiger partial charge in [0.25, 0.3) is 0 Å². The molecular formula is C16H15FO. The molecule has 0 heterocycles. The minimum atomic E-state index is -0.257. The van der Waals surface area contributed by atoms with E-state index in [1.54, 1.807) is 18.2 Å². The molecule has 0 fully saturated rings. The first kappa shape index (κ1) is 12.5. The summed E-state index contributed by atoms with van der Waals surface area (Å²) < 4.78 is 13.9. The Morgan fingerprint density at radius 3 is 2.28 bits per heavy atom. The van der Waals surface area contributed by atoms with Gasteiger partial charge in [-0.05, 0) is 24.1 Å². The summed E-state index contributed by atoms with van der Waals surface area (Å²) in [6.45, 7) is 1.54. The molecule has 0 amide bonds. The Labute approximate surface area is 106 Å². The van der Waals surface area contributed by atoms with Crippen LogP contribution in [0.2, 0.25) is 0 Å². The molecule has 2 rings (SSSR count). The fraction of sp³-hybridized carbons (Fsp3) is 0.188. The van der Waals surface area contributed by atoms with Gasteiger partial charge in [0.05, 0.1) is 0 Å². The molecule has 0 aliphatic rings. The monoisotopic (exact) mass is 242 g/mol. The van der Waals surface area contributed by atoms with Crippen molar-refractivity contribution in [2.75, 3.05) is 0 Å². The lowest BCUT2D eigenvalue weighted by Gasteiger charge is -2.17. The van der Waals surface area contributed by atoms with Crippen LogP contribution in [0.4, 0.5) is 4.39 Å². The van der Waals surface area contributed by atoms with E-state index in [0.29, 0.717) is 12.0 Å². The maximum absolute atomic E-state index is 13.9. The molecule has 18 heavy (non-hydrogen) atoms. The zero-order valence-corrected chi connectivity index (χ0v) is 10.3. The van der Waals surface area contributed by atoms with E-state index < -0.39 is 0 Å². The van der Waals surface area contributed by atoms with Crippen LogP contribution in [0.5, 0.6) is 0 Å². The molecule has 0 saturated carbocycles. The molecular weight excluding hydrogens is 227 g/mol. The SMILES string of the molecule is CC(=O)CC(c1ccccc1)c1ccccc1F. The average Bonchev–Trinajstić information content (AvgIpc) is 2.38. The molecule has 2 heteroatoms. The summed E-state index contributed by atoms with van der Waals surface area (Å²) in [4.78, 5) is 11.4. The number of hydrogen-bond acceptors (Lipinski definition) is 1. The molecule has 0 saturated heterocycles. The molecule has 2 aromatic rings. The van der Waals surface area contributed by atoms with Crippen LogP contribution in [-0.4, -0.2) is 5.78 Å². The largest absolute Gasteiger partial charge is 0.300 e. The van der Waals surface area contributed by atoms with Gasteiger partial charge >= 0.3 is 0 Å². The van der Waals surface area contributed by atoms with Gasteiger partial charge in [0, 0.05) is 12.3 Å². The highest BCUT2D eigenvalue weighted by Crippen LogP contribution is 2.29. The van der Waals surface area contributed by atoms with Gasteiger partial charge in [-0.2, -0.15) is 0 Å². The highest BCUT2D eigenvalue weighted by Gasteiger charge is 2.18. The predicted molar refractivity (Wildman–Crippen MR) is 70.0 cm³/mol. The topological polar surface area (TPSA) is 17.1 Å². The fourth-order valence-corrected chi connectivity index (χ4v) is 2.14. The molecule has 1 nitrogen and oxygen atoms in total. The first-order valence-electron chi connectivity index (χ1n) is 5.97. The van der Waals surface area contributed by atoms with Crippen LogP contribution in [0.15, 0.2) is 54.6 Å². The Balaban J connectivity index is 2.44. The summed E-state index contributed by atoms with van der Waals surface area (Å²) in [5.41, 5.74) is 1.55. The molecule has 0 N–H and O–H groups in total. The highest BCUT2D eigenvalue weighted by atomic mass is 19.1. The first-order valence-corrected chi connectivity index (χ1v) is 5.97. The third kappa shape index (κ3) is 2.83. The quantitative estimate of drug-likeness (QED) is 0.793. The fourth-order valence-electron chi connectivity index (χ4n) is 2.14. The number of Topliss-reactive ketones (excluding diaryl/α,β-unsaturated/α-hetero) is 1. The lowest BCUT2D eigenvalue weighted by atomic mass is 9.87. The Kier molecular flexibility index (Phi) is 3.88. The predicted octanol–water partition coefficient (Wildman–Crippen LogP) is 3.94. The number of carbonyl (C=O) groups excluding carboxylic acids is 1. The Bertz CT molecular complexity index is 534. The van der Waals surface area contributed by atoms with Gasteiger partial charge in [0.1, 0.15) is 11.6 Å². The summed E-state index contributed by atoms with van der Waals surface area (Å²) in [5.74, 6) is -0.399. The van der Waals surface area contributed by atoms with Gasteiger partial charge in [0.2, 0.25) is 0 Å². The van der Waals surface area contributed by atoms with Gasteiger partial charge in [-0.3, -0.25) is 4.79 Å². The molecule has 0 bridgehead atoms. The normalized spacial score (nSPS) is 12.1. The molecule has 0 spiro atoms. The van der Waals surface area contributed by atoms with Crippen molar-refractivity contribution in [3.05, 3.63) is 71.5 Å². The number of ketones is 1. The Morgan fingerprint density at radius 1 is 1.06 bits per heavy atom. The summed E-state index contributed by atoms with van der Waals surface area (Å²) in [5, 5.41) is 0. The zero-order valence-electron chi connectivity index (χ0n) is 10.3. The van der Waals surface area contributed by atoms with Crippen molar-refractivity contribution < 1.29 is 9.18 Å². The maximum Gasteiger partial charge on any atom is 0.130 e. The van der Waals surface area contributed by atoms with Gasteiger partial charge < -0.3 is 0 Å². The molecule has 1 atom stereocenters. The van der Waals surface area contributed by atoms with Crippen LogP contribution in [0.3, 0.4) is 0 Å². The molecule has 0 aromatic heterocycles. The Hall–Kier alpha value is -1.96. The number of carbonyl (C=O) groups is 1. The van der Waals surface area contributed by atoms with Crippen LogP contribution < -0.4 is 0 Å². The highest BCUT2D eigenvalue weighted by molar-refractivity contribution is 5.77. The molecule has 0 aliphatic carbocycles. The van der Waals surface area contributed by atoms with Gasteiger partial charge in [0.15, 0.2) is 0 Å². The van der Waals surface area contributed by atoms with Gasteiger partial charge in [-0.25, -0.2) is 4.39 Å². The second-order valence-electron chi connectivity index (χ2n) is 4.39. The molecule has 1 unspecified atom stereocenters. The maximum atomic E-state index is 13.9. The van der Waals surface area contributed by atoms with E-state index >= 15 is 0 Å². The summed E-state index contributed by atoms with van der Waals surface area (Å²) in [6, 6.07) is 16.2. The zero-order chi connectivity index (χ0) is 13.0. The number of hydrogen-bond donors (Lipinski definition) is 0. The van der Waals surface area contributed by atoms with Crippen molar-refractivity contribution in [1.29, 1.82) is 0 Å². The third-order valence-corrected chi connectivity index (χ3v) is 2.97. The second-order valence-corrected chi connectivity index (χ2v) is 4.39. The van der Waals surface area contributed by atoms with E-state index in [4.69, 9.17) is 0 Å². The van der Waals surface area contributed by atoms with Crippen LogP contribution in [0.25, 0.3) is 0 Å².